The van der Waals surface area contributed by atoms with E-state index in [9.17, 15) is 26.3 Å². The van der Waals surface area contributed by atoms with E-state index in [-0.39, 0.29) is 0 Å². The van der Waals surface area contributed by atoms with E-state index in [0.29, 0.717) is 6.07 Å². The molecule has 0 aliphatic rings. The highest BCUT2D eigenvalue weighted by Gasteiger charge is 2.39. The van der Waals surface area contributed by atoms with E-state index in [1.807, 2.05) is 0 Å². The zero-order valence-corrected chi connectivity index (χ0v) is 7.65. The maximum absolute atomic E-state index is 12.7. The lowest BCUT2D eigenvalue weighted by Gasteiger charge is -2.14. The second-order valence-corrected chi connectivity index (χ2v) is 2.87. The second kappa shape index (κ2) is 4.28. The van der Waals surface area contributed by atoms with Gasteiger partial charge >= 0.3 is 6.18 Å². The Balaban J connectivity index is 3.51. The molecule has 0 fully saturated rings. The Hall–Kier alpha value is -1.31. The first kappa shape index (κ1) is 12.8. The Morgan fingerprint density at radius 2 is 1.88 bits per heavy atom. The van der Waals surface area contributed by atoms with Crippen molar-refractivity contribution in [1.29, 1.82) is 0 Å². The van der Waals surface area contributed by atoms with E-state index in [4.69, 9.17) is 5.73 Å². The van der Waals surface area contributed by atoms with Gasteiger partial charge in [-0.15, -0.1) is 0 Å². The van der Waals surface area contributed by atoms with Gasteiger partial charge in [0.15, 0.2) is 5.69 Å². The highest BCUT2D eigenvalue weighted by molar-refractivity contribution is 5.33. The molecule has 0 aliphatic heterocycles. The molecule has 0 unspecified atom stereocenters. The van der Waals surface area contributed by atoms with Crippen molar-refractivity contribution >= 4 is 0 Å². The van der Waals surface area contributed by atoms with Crippen LogP contribution in [0.15, 0.2) is 6.07 Å². The van der Waals surface area contributed by atoms with Gasteiger partial charge < -0.3 is 5.73 Å². The van der Waals surface area contributed by atoms with Gasteiger partial charge in [-0.1, -0.05) is 0 Å². The lowest BCUT2D eigenvalue weighted by molar-refractivity contribution is -0.143. The Kier molecular flexibility index (Phi) is 3.41. The van der Waals surface area contributed by atoms with Crippen LogP contribution in [0.25, 0.3) is 0 Å². The van der Waals surface area contributed by atoms with Crippen LogP contribution in [0.5, 0.6) is 0 Å². The van der Waals surface area contributed by atoms with E-state index in [2.05, 4.69) is 4.98 Å². The quantitative estimate of drug-likeness (QED) is 0.641. The van der Waals surface area contributed by atoms with Crippen LogP contribution >= 0.6 is 0 Å². The molecule has 1 rings (SSSR count). The van der Waals surface area contributed by atoms with Crippen LogP contribution in [0.4, 0.5) is 26.3 Å². The first-order valence-corrected chi connectivity index (χ1v) is 4.02. The predicted molar refractivity (Wildman–Crippen MR) is 42.0 cm³/mol. The summed E-state index contributed by atoms with van der Waals surface area (Å²) in [5.41, 5.74) is 1.08. The molecule has 2 nitrogen and oxygen atoms in total. The third-order valence-corrected chi connectivity index (χ3v) is 1.82. The van der Waals surface area contributed by atoms with Crippen molar-refractivity contribution < 1.29 is 26.3 Å². The summed E-state index contributed by atoms with van der Waals surface area (Å²) >= 11 is 0. The number of rotatable bonds is 2. The molecule has 1 aromatic rings. The molecular weight excluding hydrogens is 238 g/mol. The molecular formula is C8H6F6N2. The molecule has 1 aromatic heterocycles. The van der Waals surface area contributed by atoms with Crippen LogP contribution in [0.2, 0.25) is 0 Å². The van der Waals surface area contributed by atoms with Gasteiger partial charge in [0.1, 0.15) is 0 Å². The number of hydrogen-bond donors (Lipinski definition) is 1. The van der Waals surface area contributed by atoms with Crippen molar-refractivity contribution in [3.05, 3.63) is 28.8 Å². The van der Waals surface area contributed by atoms with Crippen molar-refractivity contribution in [2.75, 3.05) is 0 Å². The van der Waals surface area contributed by atoms with Gasteiger partial charge in [0.25, 0.3) is 6.43 Å². The first-order valence-electron chi connectivity index (χ1n) is 4.02. The standard InChI is InChI=1S/C8H6F6N2/c9-4-1-3(2-15)5(7(10)11)6(16-4)8(12,13)14/h1,7H,2,15H2. The summed E-state index contributed by atoms with van der Waals surface area (Å²) < 4.78 is 74.4. The van der Waals surface area contributed by atoms with Gasteiger partial charge in [-0.2, -0.15) is 17.6 Å². The van der Waals surface area contributed by atoms with Crippen LogP contribution in [-0.2, 0) is 12.7 Å². The molecule has 0 saturated heterocycles. The smallest absolute Gasteiger partial charge is 0.326 e. The van der Waals surface area contributed by atoms with Gasteiger partial charge in [0.2, 0.25) is 5.95 Å². The molecule has 0 saturated carbocycles. The van der Waals surface area contributed by atoms with Crippen LogP contribution in [0, 0.1) is 5.95 Å². The third kappa shape index (κ3) is 2.43. The molecule has 1 heterocycles. The maximum atomic E-state index is 12.7. The molecule has 90 valence electrons. The molecule has 0 atom stereocenters. The highest BCUT2D eigenvalue weighted by atomic mass is 19.4. The summed E-state index contributed by atoms with van der Waals surface area (Å²) in [6.07, 6.45) is -8.55. The van der Waals surface area contributed by atoms with Crippen molar-refractivity contribution in [2.24, 2.45) is 5.73 Å². The number of nitrogens with two attached hydrogens (primary N) is 1. The molecule has 0 aliphatic carbocycles. The molecule has 2 N–H and O–H groups in total. The van der Waals surface area contributed by atoms with E-state index in [1.165, 1.54) is 0 Å². The zero-order valence-electron chi connectivity index (χ0n) is 7.65. The van der Waals surface area contributed by atoms with Gasteiger partial charge in [0, 0.05) is 6.54 Å². The molecule has 16 heavy (non-hydrogen) atoms. The maximum Gasteiger partial charge on any atom is 0.433 e. The molecule has 8 heteroatoms. The zero-order chi connectivity index (χ0) is 12.5. The fraction of sp³-hybridized carbons (Fsp3) is 0.375. The summed E-state index contributed by atoms with van der Waals surface area (Å²) in [7, 11) is 0. The van der Waals surface area contributed by atoms with Crippen molar-refractivity contribution in [2.45, 2.75) is 19.1 Å². The molecule has 0 amide bonds. The number of nitrogens with zero attached hydrogens (tertiary/aromatic N) is 1. The van der Waals surface area contributed by atoms with Crippen LogP contribution in [0.3, 0.4) is 0 Å². The number of halogens is 6. The van der Waals surface area contributed by atoms with E-state index < -0.39 is 41.9 Å². The van der Waals surface area contributed by atoms with Gasteiger partial charge in [0.05, 0.1) is 5.56 Å². The Labute approximate surface area is 86.1 Å². The van der Waals surface area contributed by atoms with Crippen molar-refractivity contribution in [3.8, 4) is 0 Å². The van der Waals surface area contributed by atoms with Crippen molar-refractivity contribution in [3.63, 3.8) is 0 Å². The minimum atomic E-state index is -5.14. The van der Waals surface area contributed by atoms with E-state index >= 15 is 0 Å². The molecule has 0 radical (unpaired) electrons. The fourth-order valence-electron chi connectivity index (χ4n) is 1.20. The van der Waals surface area contributed by atoms with Crippen LogP contribution < -0.4 is 5.73 Å². The summed E-state index contributed by atoms with van der Waals surface area (Å²) in [6, 6.07) is 0.469. The SMILES string of the molecule is NCc1cc(F)nc(C(F)(F)F)c1C(F)F. The summed E-state index contributed by atoms with van der Waals surface area (Å²) in [6.45, 7) is -0.623. The lowest BCUT2D eigenvalue weighted by Crippen LogP contribution is -2.17. The largest absolute Gasteiger partial charge is 0.433 e. The minimum Gasteiger partial charge on any atom is -0.326 e. The van der Waals surface area contributed by atoms with Gasteiger partial charge in [-0.25, -0.2) is 13.8 Å². The monoisotopic (exact) mass is 244 g/mol. The highest BCUT2D eigenvalue weighted by Crippen LogP contribution is 2.36. The average molecular weight is 244 g/mol. The Morgan fingerprint density at radius 1 is 1.31 bits per heavy atom. The van der Waals surface area contributed by atoms with E-state index in [0.717, 1.165) is 0 Å². The minimum absolute atomic E-state index is 0.469. The van der Waals surface area contributed by atoms with Crippen LogP contribution in [-0.4, -0.2) is 4.98 Å². The van der Waals surface area contributed by atoms with Crippen molar-refractivity contribution in [1.82, 2.24) is 4.98 Å². The topological polar surface area (TPSA) is 38.9 Å². The molecule has 0 spiro atoms. The van der Waals surface area contributed by atoms with Crippen LogP contribution in [0.1, 0.15) is 23.2 Å². The Bertz CT molecular complexity index is 387. The summed E-state index contributed by atoms with van der Waals surface area (Å²) in [4.78, 5) is 2.45. The Morgan fingerprint density at radius 3 is 2.25 bits per heavy atom. The summed E-state index contributed by atoms with van der Waals surface area (Å²) in [5.74, 6) is -1.49. The molecule has 0 aromatic carbocycles. The summed E-state index contributed by atoms with van der Waals surface area (Å²) in [5, 5.41) is 0. The number of alkyl halides is 5. The van der Waals surface area contributed by atoms with Gasteiger partial charge in [-0.05, 0) is 11.6 Å². The number of aromatic nitrogens is 1. The normalized spacial score (nSPS) is 12.2. The fourth-order valence-corrected chi connectivity index (χ4v) is 1.20. The first-order chi connectivity index (χ1) is 7.27. The second-order valence-electron chi connectivity index (χ2n) is 2.87. The van der Waals surface area contributed by atoms with Gasteiger partial charge in [-0.3, -0.25) is 0 Å². The third-order valence-electron chi connectivity index (χ3n) is 1.82. The number of pyridine rings is 1. The predicted octanol–water partition coefficient (Wildman–Crippen LogP) is 2.64. The van der Waals surface area contributed by atoms with E-state index in [1.54, 1.807) is 0 Å². The average Bonchev–Trinajstić information content (AvgIpc) is 2.14. The lowest BCUT2D eigenvalue weighted by atomic mass is 10.1. The number of hydrogen-bond acceptors (Lipinski definition) is 2. The molecule has 0 bridgehead atoms.